The summed E-state index contributed by atoms with van der Waals surface area (Å²) in [5.74, 6) is -0.446. The predicted molar refractivity (Wildman–Crippen MR) is 90.5 cm³/mol. The summed E-state index contributed by atoms with van der Waals surface area (Å²) in [5, 5.41) is 9.26. The number of aromatic carboxylic acids is 1. The molecule has 0 unspecified atom stereocenters. The molecular formula is C19H21NO2. The van der Waals surface area contributed by atoms with E-state index in [-0.39, 0.29) is 0 Å². The Morgan fingerprint density at radius 2 is 1.73 bits per heavy atom. The minimum atomic E-state index is -0.906. The second-order valence-electron chi connectivity index (χ2n) is 5.66. The van der Waals surface area contributed by atoms with Gasteiger partial charge in [0.2, 0.25) is 0 Å². The van der Waals surface area contributed by atoms with E-state index in [4.69, 9.17) is 0 Å². The van der Waals surface area contributed by atoms with Crippen LogP contribution in [0.1, 0.15) is 36.7 Å². The van der Waals surface area contributed by atoms with Gasteiger partial charge in [0.25, 0.3) is 0 Å². The molecule has 2 rings (SSSR count). The van der Waals surface area contributed by atoms with Crippen molar-refractivity contribution >= 4 is 11.7 Å². The molecule has 114 valence electrons. The Bertz CT molecular complexity index is 685. The Balaban J connectivity index is 2.23. The minimum Gasteiger partial charge on any atom is -0.478 e. The zero-order valence-corrected chi connectivity index (χ0v) is 13.2. The van der Waals surface area contributed by atoms with E-state index < -0.39 is 5.97 Å². The highest BCUT2D eigenvalue weighted by Crippen LogP contribution is 2.24. The van der Waals surface area contributed by atoms with Gasteiger partial charge >= 0.3 is 5.97 Å². The summed E-state index contributed by atoms with van der Waals surface area (Å²) in [6, 6.07) is 15.0. The van der Waals surface area contributed by atoms with Crippen LogP contribution in [0.5, 0.6) is 0 Å². The normalized spacial score (nSPS) is 11.7. The number of carbonyl (C=O) groups is 1. The lowest BCUT2D eigenvalue weighted by atomic mass is 9.99. The highest BCUT2D eigenvalue weighted by Gasteiger charge is 2.10. The van der Waals surface area contributed by atoms with Gasteiger partial charge in [-0.2, -0.15) is 0 Å². The molecule has 2 aromatic carbocycles. The van der Waals surface area contributed by atoms with Crippen LogP contribution in [0.3, 0.4) is 0 Å². The summed E-state index contributed by atoms with van der Waals surface area (Å²) in [5.41, 5.74) is 4.23. The average Bonchev–Trinajstić information content (AvgIpc) is 2.53. The molecule has 22 heavy (non-hydrogen) atoms. The molecule has 0 saturated carbocycles. The van der Waals surface area contributed by atoms with Crippen molar-refractivity contribution in [3.8, 4) is 11.1 Å². The van der Waals surface area contributed by atoms with E-state index in [1.165, 1.54) is 0 Å². The van der Waals surface area contributed by atoms with Gasteiger partial charge in [0.15, 0.2) is 0 Å². The first-order valence-electron chi connectivity index (χ1n) is 7.41. The van der Waals surface area contributed by atoms with E-state index in [2.05, 4.69) is 18.8 Å². The highest BCUT2D eigenvalue weighted by atomic mass is 16.4. The van der Waals surface area contributed by atoms with Crippen LogP contribution in [0.25, 0.3) is 11.1 Å². The number of carboxylic acid groups (broad SMARTS) is 1. The fraction of sp³-hybridized carbons (Fsp3) is 0.263. The third-order valence-electron chi connectivity index (χ3n) is 3.77. The molecule has 0 aliphatic rings. The number of aliphatic imine (C=N–C) groups is 1. The standard InChI is InChI=1S/C19H21NO2/c1-13(2)14(3)20-12-15-8-10-16(11-9-15)17-6-4-5-7-18(17)19(21)22/h4-11,13H,12H2,1-3H3,(H,21,22). The summed E-state index contributed by atoms with van der Waals surface area (Å²) in [6.45, 7) is 6.96. The van der Waals surface area contributed by atoms with Crippen molar-refractivity contribution in [2.24, 2.45) is 10.9 Å². The number of nitrogens with zero attached hydrogens (tertiary/aromatic N) is 1. The van der Waals surface area contributed by atoms with E-state index in [0.29, 0.717) is 18.0 Å². The molecule has 1 N–H and O–H groups in total. The minimum absolute atomic E-state index is 0.323. The topological polar surface area (TPSA) is 49.7 Å². The van der Waals surface area contributed by atoms with Crippen LogP contribution in [0.2, 0.25) is 0 Å². The Morgan fingerprint density at radius 1 is 1.09 bits per heavy atom. The first-order chi connectivity index (χ1) is 10.5. The lowest BCUT2D eigenvalue weighted by molar-refractivity contribution is 0.0697. The lowest BCUT2D eigenvalue weighted by Crippen LogP contribution is -2.02. The van der Waals surface area contributed by atoms with Gasteiger partial charge in [-0.15, -0.1) is 0 Å². The van der Waals surface area contributed by atoms with E-state index in [1.807, 2.05) is 43.3 Å². The van der Waals surface area contributed by atoms with Gasteiger partial charge in [0.1, 0.15) is 0 Å². The van der Waals surface area contributed by atoms with E-state index in [1.54, 1.807) is 12.1 Å². The zero-order chi connectivity index (χ0) is 16.1. The molecular weight excluding hydrogens is 274 g/mol. The smallest absolute Gasteiger partial charge is 0.336 e. The van der Waals surface area contributed by atoms with Gasteiger partial charge < -0.3 is 5.11 Å². The zero-order valence-electron chi connectivity index (χ0n) is 13.2. The Hall–Kier alpha value is -2.42. The molecule has 0 radical (unpaired) electrons. The number of rotatable bonds is 5. The van der Waals surface area contributed by atoms with Crippen molar-refractivity contribution < 1.29 is 9.90 Å². The quantitative estimate of drug-likeness (QED) is 0.815. The van der Waals surface area contributed by atoms with Crippen molar-refractivity contribution in [3.05, 3.63) is 59.7 Å². The maximum Gasteiger partial charge on any atom is 0.336 e. The van der Waals surface area contributed by atoms with Crippen LogP contribution in [0.15, 0.2) is 53.5 Å². The Morgan fingerprint density at radius 3 is 2.32 bits per heavy atom. The van der Waals surface area contributed by atoms with Gasteiger partial charge in [-0.05, 0) is 35.6 Å². The van der Waals surface area contributed by atoms with E-state index in [9.17, 15) is 9.90 Å². The van der Waals surface area contributed by atoms with E-state index in [0.717, 1.165) is 22.4 Å². The molecule has 3 nitrogen and oxygen atoms in total. The van der Waals surface area contributed by atoms with Crippen LogP contribution in [0.4, 0.5) is 0 Å². The van der Waals surface area contributed by atoms with Crippen LogP contribution >= 0.6 is 0 Å². The van der Waals surface area contributed by atoms with Crippen molar-refractivity contribution in [2.75, 3.05) is 0 Å². The van der Waals surface area contributed by atoms with Crippen LogP contribution in [-0.2, 0) is 6.54 Å². The number of benzene rings is 2. The van der Waals surface area contributed by atoms with Crippen LogP contribution in [-0.4, -0.2) is 16.8 Å². The van der Waals surface area contributed by atoms with Crippen LogP contribution in [0, 0.1) is 5.92 Å². The summed E-state index contributed by atoms with van der Waals surface area (Å²) in [7, 11) is 0. The average molecular weight is 295 g/mol. The van der Waals surface area contributed by atoms with Gasteiger partial charge in [-0.25, -0.2) is 4.79 Å². The third-order valence-corrected chi connectivity index (χ3v) is 3.77. The second-order valence-corrected chi connectivity index (χ2v) is 5.66. The SMILES string of the molecule is CC(=NCc1ccc(-c2ccccc2C(=O)O)cc1)C(C)C. The molecule has 0 bridgehead atoms. The molecule has 0 atom stereocenters. The summed E-state index contributed by atoms with van der Waals surface area (Å²) in [4.78, 5) is 15.9. The third kappa shape index (κ3) is 3.82. The monoisotopic (exact) mass is 295 g/mol. The molecule has 0 heterocycles. The molecule has 0 amide bonds. The number of hydrogen-bond donors (Lipinski definition) is 1. The first kappa shape index (κ1) is 16.0. The first-order valence-corrected chi connectivity index (χ1v) is 7.41. The molecule has 0 aliphatic carbocycles. The fourth-order valence-corrected chi connectivity index (χ4v) is 2.11. The van der Waals surface area contributed by atoms with Gasteiger partial charge in [-0.3, -0.25) is 4.99 Å². The van der Waals surface area contributed by atoms with Gasteiger partial charge in [-0.1, -0.05) is 56.3 Å². The maximum absolute atomic E-state index is 11.3. The van der Waals surface area contributed by atoms with Gasteiger partial charge in [0.05, 0.1) is 12.1 Å². The van der Waals surface area contributed by atoms with Crippen molar-refractivity contribution in [1.82, 2.24) is 0 Å². The predicted octanol–water partition coefficient (Wildman–Crippen LogP) is 4.67. The largest absolute Gasteiger partial charge is 0.478 e. The van der Waals surface area contributed by atoms with E-state index >= 15 is 0 Å². The maximum atomic E-state index is 11.3. The van der Waals surface area contributed by atoms with Crippen LogP contribution < -0.4 is 0 Å². The Kier molecular flexibility index (Phi) is 5.10. The summed E-state index contributed by atoms with van der Waals surface area (Å²) >= 11 is 0. The lowest BCUT2D eigenvalue weighted by Gasteiger charge is -2.08. The number of carboxylic acids is 1. The summed E-state index contributed by atoms with van der Waals surface area (Å²) < 4.78 is 0. The summed E-state index contributed by atoms with van der Waals surface area (Å²) in [6.07, 6.45) is 0. The van der Waals surface area contributed by atoms with Crippen molar-refractivity contribution in [3.63, 3.8) is 0 Å². The highest BCUT2D eigenvalue weighted by molar-refractivity contribution is 5.96. The molecule has 0 fully saturated rings. The fourth-order valence-electron chi connectivity index (χ4n) is 2.11. The van der Waals surface area contributed by atoms with Crippen molar-refractivity contribution in [1.29, 1.82) is 0 Å². The van der Waals surface area contributed by atoms with Crippen molar-refractivity contribution in [2.45, 2.75) is 27.3 Å². The second kappa shape index (κ2) is 7.03. The Labute approximate surface area is 131 Å². The number of hydrogen-bond acceptors (Lipinski definition) is 2. The molecule has 0 aliphatic heterocycles. The molecule has 0 aromatic heterocycles. The molecule has 3 heteroatoms. The molecule has 2 aromatic rings. The molecule has 0 spiro atoms. The molecule has 0 saturated heterocycles. The van der Waals surface area contributed by atoms with Gasteiger partial charge in [0, 0.05) is 5.71 Å².